The Morgan fingerprint density at radius 2 is 2.07 bits per heavy atom. The molecule has 1 amide bonds. The molecule has 0 fully saturated rings. The largest absolute Gasteiger partial charge is 0.501 e. The van der Waals surface area contributed by atoms with Gasteiger partial charge in [-0.2, -0.15) is 15.4 Å². The molecule has 0 saturated carbocycles. The molecule has 1 aliphatic heterocycles. The molecule has 0 unspecified atom stereocenters. The molecular weight excluding hydrogens is 381 g/mol. The number of aromatic nitrogens is 5. The summed E-state index contributed by atoms with van der Waals surface area (Å²) >= 11 is 0. The lowest BCUT2D eigenvalue weighted by atomic mass is 10.2. The molecule has 3 N–H and O–H groups in total. The lowest BCUT2D eigenvalue weighted by molar-refractivity contribution is 0.0940. The number of amides is 1. The second-order valence-corrected chi connectivity index (χ2v) is 6.66. The fourth-order valence-electron chi connectivity index (χ4n) is 3.15. The highest BCUT2D eigenvalue weighted by atomic mass is 19.1. The number of aromatic hydroxyl groups is 1. The zero-order valence-corrected chi connectivity index (χ0v) is 15.3. The molecule has 1 aromatic carbocycles. The van der Waals surface area contributed by atoms with Gasteiger partial charge in [-0.1, -0.05) is 12.1 Å². The summed E-state index contributed by atoms with van der Waals surface area (Å²) < 4.78 is 14.3. The van der Waals surface area contributed by atoms with Crippen molar-refractivity contribution < 1.29 is 14.3 Å². The normalized spacial score (nSPS) is 13.8. The average molecular weight is 399 g/mol. The highest BCUT2D eigenvalue weighted by Gasteiger charge is 2.25. The van der Waals surface area contributed by atoms with Gasteiger partial charge in [-0.25, -0.2) is 9.37 Å². The van der Waals surface area contributed by atoms with E-state index in [-0.39, 0.29) is 18.1 Å². The van der Waals surface area contributed by atoms with Gasteiger partial charge in [-0.15, -0.1) is 0 Å². The number of H-pyrrole nitrogens is 1. The van der Waals surface area contributed by atoms with Gasteiger partial charge in [-0.3, -0.25) is 19.1 Å². The van der Waals surface area contributed by atoms with Crippen LogP contribution in [0.4, 0.5) is 4.39 Å². The number of halogens is 1. The zero-order chi connectivity index (χ0) is 20.4. The number of carbonyl (C=O) groups is 1. The molecule has 1 aliphatic rings. The lowest BCUT2D eigenvalue weighted by Crippen LogP contribution is -2.41. The highest BCUT2D eigenvalue weighted by molar-refractivity contribution is 5.94. The van der Waals surface area contributed by atoms with E-state index in [9.17, 15) is 19.1 Å². The van der Waals surface area contributed by atoms with Crippen molar-refractivity contribution in [3.8, 4) is 5.75 Å². The molecule has 0 aliphatic carbocycles. The Kier molecular flexibility index (Phi) is 5.04. The van der Waals surface area contributed by atoms with E-state index in [1.54, 1.807) is 6.20 Å². The topological polar surface area (TPSA) is 129 Å². The van der Waals surface area contributed by atoms with Crippen LogP contribution in [0.5, 0.6) is 5.75 Å². The summed E-state index contributed by atoms with van der Waals surface area (Å²) in [4.78, 5) is 31.2. The molecule has 2 aromatic heterocycles. The number of carbonyl (C=O) groups excluding carboxylic acids is 1. The number of fused-ring (bicyclic) bond motifs is 1. The molecule has 150 valence electrons. The minimum atomic E-state index is -0.685. The van der Waals surface area contributed by atoms with Gasteiger partial charge in [0, 0.05) is 26.2 Å². The number of benzene rings is 1. The van der Waals surface area contributed by atoms with Crippen molar-refractivity contribution in [2.45, 2.75) is 26.2 Å². The van der Waals surface area contributed by atoms with Crippen LogP contribution in [0.3, 0.4) is 0 Å². The van der Waals surface area contributed by atoms with Gasteiger partial charge in [-0.05, 0) is 17.7 Å². The monoisotopic (exact) mass is 399 g/mol. The fraction of sp³-hybridized carbons (Fsp3) is 0.278. The van der Waals surface area contributed by atoms with Crippen LogP contribution in [0.2, 0.25) is 0 Å². The molecular formula is C18H18FN7O3. The van der Waals surface area contributed by atoms with Gasteiger partial charge in [0.05, 0.1) is 18.4 Å². The second kappa shape index (κ2) is 7.80. The Labute approximate surface area is 164 Å². The number of hydrogen-bond donors (Lipinski definition) is 3. The van der Waals surface area contributed by atoms with Crippen molar-refractivity contribution in [2.75, 3.05) is 6.54 Å². The number of nitrogens with one attached hydrogen (secondary N) is 2. The van der Waals surface area contributed by atoms with Gasteiger partial charge in [0.25, 0.3) is 11.5 Å². The summed E-state index contributed by atoms with van der Waals surface area (Å²) in [6.07, 6.45) is 1.61. The zero-order valence-electron chi connectivity index (χ0n) is 15.3. The highest BCUT2D eigenvalue weighted by Crippen LogP contribution is 2.16. The van der Waals surface area contributed by atoms with Crippen molar-refractivity contribution >= 4 is 5.91 Å². The molecule has 3 aromatic rings. The fourth-order valence-corrected chi connectivity index (χ4v) is 3.15. The maximum absolute atomic E-state index is 13.0. The van der Waals surface area contributed by atoms with Crippen molar-refractivity contribution in [3.05, 3.63) is 69.4 Å². The summed E-state index contributed by atoms with van der Waals surface area (Å²) in [7, 11) is 0. The van der Waals surface area contributed by atoms with Crippen LogP contribution in [-0.2, 0) is 26.2 Å². The molecule has 4 rings (SSSR count). The Morgan fingerprint density at radius 3 is 2.79 bits per heavy atom. The molecule has 0 saturated heterocycles. The molecule has 0 bridgehead atoms. The van der Waals surface area contributed by atoms with E-state index in [0.717, 1.165) is 5.69 Å². The molecule has 10 nitrogen and oxygen atoms in total. The van der Waals surface area contributed by atoms with Crippen LogP contribution in [0.15, 0.2) is 35.3 Å². The van der Waals surface area contributed by atoms with Gasteiger partial charge in [0.1, 0.15) is 11.6 Å². The first-order chi connectivity index (χ1) is 14.0. The first-order valence-electron chi connectivity index (χ1n) is 8.93. The summed E-state index contributed by atoms with van der Waals surface area (Å²) in [5.74, 6) is -1.36. The number of nitrogens with zero attached hydrogens (tertiary/aromatic N) is 5. The molecule has 3 heterocycles. The molecule has 11 heteroatoms. The summed E-state index contributed by atoms with van der Waals surface area (Å²) in [5.41, 5.74) is 0.444. The first-order valence-corrected chi connectivity index (χ1v) is 8.93. The van der Waals surface area contributed by atoms with Crippen LogP contribution in [0, 0.1) is 5.82 Å². The van der Waals surface area contributed by atoms with Gasteiger partial charge in [0.15, 0.2) is 5.69 Å². The third kappa shape index (κ3) is 3.99. The first kappa shape index (κ1) is 18.7. The quantitative estimate of drug-likeness (QED) is 0.557. The maximum atomic E-state index is 13.0. The Bertz CT molecular complexity index is 1080. The Balaban J connectivity index is 1.52. The number of hydrogen-bond acceptors (Lipinski definition) is 7. The van der Waals surface area contributed by atoms with Crippen molar-refractivity contribution in [3.63, 3.8) is 0 Å². The van der Waals surface area contributed by atoms with Crippen molar-refractivity contribution in [2.24, 2.45) is 0 Å². The minimum absolute atomic E-state index is 0.108. The smallest absolute Gasteiger partial charge is 0.296 e. The average Bonchev–Trinajstić information content (AvgIpc) is 3.23. The van der Waals surface area contributed by atoms with Crippen LogP contribution in [-0.4, -0.2) is 47.4 Å². The van der Waals surface area contributed by atoms with Crippen LogP contribution in [0.25, 0.3) is 0 Å². The van der Waals surface area contributed by atoms with E-state index < -0.39 is 17.2 Å². The SMILES string of the molecule is O=C(NCc1ccc(F)cc1)c1nc2n(c(=O)c1O)CCN(Cc1cn[nH]n1)C2. The summed E-state index contributed by atoms with van der Waals surface area (Å²) in [6, 6.07) is 5.64. The standard InChI is InChI=1S/C18H18FN7O3/c19-12-3-1-11(2-4-12)7-20-17(28)15-16(27)18(29)26-6-5-25(10-14(26)22-15)9-13-8-21-24-23-13/h1-4,8,27H,5-7,9-10H2,(H,20,28)(H,21,23,24). The maximum Gasteiger partial charge on any atom is 0.296 e. The van der Waals surface area contributed by atoms with E-state index in [4.69, 9.17) is 0 Å². The van der Waals surface area contributed by atoms with E-state index >= 15 is 0 Å². The molecule has 29 heavy (non-hydrogen) atoms. The summed E-state index contributed by atoms with van der Waals surface area (Å²) in [6.45, 7) is 1.85. The van der Waals surface area contributed by atoms with Gasteiger partial charge in [0.2, 0.25) is 5.75 Å². The number of aromatic amines is 1. The van der Waals surface area contributed by atoms with E-state index in [1.165, 1.54) is 28.8 Å². The summed E-state index contributed by atoms with van der Waals surface area (Å²) in [5, 5.41) is 23.1. The van der Waals surface area contributed by atoms with Gasteiger partial charge < -0.3 is 10.4 Å². The van der Waals surface area contributed by atoms with Crippen molar-refractivity contribution in [1.29, 1.82) is 0 Å². The second-order valence-electron chi connectivity index (χ2n) is 6.66. The molecule has 0 radical (unpaired) electrons. The van der Waals surface area contributed by atoms with E-state index in [0.29, 0.717) is 37.6 Å². The molecule has 0 spiro atoms. The predicted molar refractivity (Wildman–Crippen MR) is 98.2 cm³/mol. The van der Waals surface area contributed by atoms with Crippen molar-refractivity contribution in [1.82, 2.24) is 35.2 Å². The number of rotatable bonds is 5. The van der Waals surface area contributed by atoms with E-state index in [1.807, 2.05) is 4.90 Å². The third-order valence-corrected chi connectivity index (χ3v) is 4.66. The Hall–Kier alpha value is -3.60. The third-order valence-electron chi connectivity index (χ3n) is 4.66. The van der Waals surface area contributed by atoms with Gasteiger partial charge >= 0.3 is 0 Å². The van der Waals surface area contributed by atoms with Crippen LogP contribution >= 0.6 is 0 Å². The lowest BCUT2D eigenvalue weighted by Gasteiger charge is -2.28. The van der Waals surface area contributed by atoms with Crippen LogP contribution < -0.4 is 10.9 Å². The van der Waals surface area contributed by atoms with Crippen LogP contribution in [0.1, 0.15) is 27.6 Å². The predicted octanol–water partition coefficient (Wildman–Crippen LogP) is 0.152. The molecule has 0 atom stereocenters. The Morgan fingerprint density at radius 1 is 1.28 bits per heavy atom. The minimum Gasteiger partial charge on any atom is -0.501 e. The van der Waals surface area contributed by atoms with E-state index in [2.05, 4.69) is 25.7 Å².